The van der Waals surface area contributed by atoms with Gasteiger partial charge in [0.1, 0.15) is 23.7 Å². The Kier molecular flexibility index (Phi) is 6.88. The normalized spacial score (nSPS) is 24.8. The number of fused-ring (bicyclic) bond motifs is 6. The summed E-state index contributed by atoms with van der Waals surface area (Å²) in [4.78, 5) is 14.2. The maximum Gasteiger partial charge on any atom is 0.319 e. The van der Waals surface area contributed by atoms with Crippen molar-refractivity contribution in [2.75, 3.05) is 38.2 Å². The van der Waals surface area contributed by atoms with Gasteiger partial charge < -0.3 is 20.1 Å². The van der Waals surface area contributed by atoms with Crippen molar-refractivity contribution in [3.05, 3.63) is 53.3 Å². The summed E-state index contributed by atoms with van der Waals surface area (Å²) in [5.41, 5.74) is 0.913. The SMILES string of the molecule is C[C@H]1C[C@@H](COc2nc(N3CC4CCCC3CN4)c3cc(Cl)c(-c4cc(O)cc5ccccc45)c(F)c3n2)N(C)C1. The van der Waals surface area contributed by atoms with Crippen molar-refractivity contribution < 1.29 is 14.2 Å². The zero-order valence-electron chi connectivity index (χ0n) is 23.4. The molecule has 214 valence electrons. The van der Waals surface area contributed by atoms with Gasteiger partial charge in [-0.25, -0.2) is 4.39 Å². The van der Waals surface area contributed by atoms with Crippen molar-refractivity contribution in [2.24, 2.45) is 5.92 Å². The summed E-state index contributed by atoms with van der Waals surface area (Å²) >= 11 is 6.89. The number of piperazine rings is 1. The predicted molar refractivity (Wildman–Crippen MR) is 162 cm³/mol. The number of likely N-dealkylation sites (N-methyl/N-ethyl adjacent to an activating group) is 1. The van der Waals surface area contributed by atoms with Crippen LogP contribution in [0.2, 0.25) is 5.02 Å². The number of aromatic nitrogens is 2. The Balaban J connectivity index is 1.39. The molecule has 2 bridgehead atoms. The van der Waals surface area contributed by atoms with Gasteiger partial charge >= 0.3 is 6.01 Å². The van der Waals surface area contributed by atoms with Gasteiger partial charge in [-0.3, -0.25) is 4.90 Å². The highest BCUT2D eigenvalue weighted by atomic mass is 35.5. The molecule has 2 N–H and O–H groups in total. The summed E-state index contributed by atoms with van der Waals surface area (Å²) in [6, 6.07) is 13.6. The average molecular weight is 576 g/mol. The fraction of sp³-hybridized carbons (Fsp3) is 0.438. The molecule has 2 unspecified atom stereocenters. The van der Waals surface area contributed by atoms with Crippen molar-refractivity contribution in [1.82, 2.24) is 20.2 Å². The minimum Gasteiger partial charge on any atom is -0.508 e. The van der Waals surface area contributed by atoms with E-state index in [1.165, 1.54) is 0 Å². The molecular formula is C32H35ClFN5O2. The Morgan fingerprint density at radius 2 is 1.98 bits per heavy atom. The molecule has 8 rings (SSSR count). The van der Waals surface area contributed by atoms with E-state index in [9.17, 15) is 5.11 Å². The number of anilines is 1. The van der Waals surface area contributed by atoms with Crippen molar-refractivity contribution in [1.29, 1.82) is 0 Å². The molecule has 0 saturated carbocycles. The monoisotopic (exact) mass is 575 g/mol. The summed E-state index contributed by atoms with van der Waals surface area (Å²) in [6.45, 7) is 5.36. The number of benzene rings is 3. The molecule has 0 radical (unpaired) electrons. The third-order valence-corrected chi connectivity index (χ3v) is 9.42. The maximum atomic E-state index is 16.8. The smallest absolute Gasteiger partial charge is 0.319 e. The maximum absolute atomic E-state index is 16.8. The number of hydrogen-bond donors (Lipinski definition) is 2. The second-order valence-electron chi connectivity index (χ2n) is 12.1. The Labute approximate surface area is 244 Å². The van der Waals surface area contributed by atoms with Crippen molar-refractivity contribution >= 4 is 39.1 Å². The molecule has 0 amide bonds. The Morgan fingerprint density at radius 1 is 1.12 bits per heavy atom. The Hall–Kier alpha value is -3.20. The second kappa shape index (κ2) is 10.6. The number of aromatic hydroxyl groups is 1. The molecular weight excluding hydrogens is 541 g/mol. The molecule has 41 heavy (non-hydrogen) atoms. The summed E-state index contributed by atoms with van der Waals surface area (Å²) in [7, 11) is 2.11. The second-order valence-corrected chi connectivity index (χ2v) is 12.5. The van der Waals surface area contributed by atoms with Crippen LogP contribution < -0.4 is 15.0 Å². The number of likely N-dealkylation sites (tertiary alicyclic amines) is 1. The number of phenols is 1. The van der Waals surface area contributed by atoms with E-state index in [0.29, 0.717) is 35.3 Å². The van der Waals surface area contributed by atoms with E-state index in [2.05, 4.69) is 34.1 Å². The van der Waals surface area contributed by atoms with Gasteiger partial charge in [0.2, 0.25) is 0 Å². The third-order valence-electron chi connectivity index (χ3n) is 9.12. The number of rotatable bonds is 5. The fourth-order valence-corrected chi connectivity index (χ4v) is 7.39. The molecule has 7 nitrogen and oxygen atoms in total. The molecule has 0 aliphatic carbocycles. The first-order valence-electron chi connectivity index (χ1n) is 14.6. The van der Waals surface area contributed by atoms with E-state index in [0.717, 1.165) is 56.1 Å². The van der Waals surface area contributed by atoms with Gasteiger partial charge in [-0.1, -0.05) is 42.8 Å². The van der Waals surface area contributed by atoms with Gasteiger partial charge in [-0.15, -0.1) is 0 Å². The van der Waals surface area contributed by atoms with Gasteiger partial charge in [0.05, 0.1) is 5.02 Å². The lowest BCUT2D eigenvalue weighted by Crippen LogP contribution is -2.54. The first-order chi connectivity index (χ1) is 19.9. The number of hydrogen-bond acceptors (Lipinski definition) is 7. The van der Waals surface area contributed by atoms with E-state index >= 15 is 4.39 Å². The largest absolute Gasteiger partial charge is 0.508 e. The molecule has 0 spiro atoms. The van der Waals surface area contributed by atoms with Crippen LogP contribution in [0.3, 0.4) is 0 Å². The highest BCUT2D eigenvalue weighted by Crippen LogP contribution is 2.43. The fourth-order valence-electron chi connectivity index (χ4n) is 7.09. The standard InChI is InChI=1S/C32H35ClFN5O2/c1-18-10-22(38(2)15-18)17-41-32-36-30-26(31(37-32)39-16-20-7-5-8-21(39)14-35-20)13-27(33)28(29(30)34)25-12-23(40)11-19-6-3-4-9-24(19)25/h3-4,6,9,11-13,18,20-22,35,40H,5,7-8,10,14-17H2,1-2H3/t18-,20?,21?,22-/m0/s1. The molecule has 1 aromatic heterocycles. The van der Waals surface area contributed by atoms with Crippen LogP contribution in [-0.4, -0.2) is 71.4 Å². The van der Waals surface area contributed by atoms with Gasteiger partial charge in [-0.2, -0.15) is 9.97 Å². The highest BCUT2D eigenvalue weighted by molar-refractivity contribution is 6.35. The molecule has 9 heteroatoms. The van der Waals surface area contributed by atoms with Crippen LogP contribution >= 0.6 is 11.6 Å². The first-order valence-corrected chi connectivity index (χ1v) is 15.0. The van der Waals surface area contributed by atoms with E-state index in [-0.39, 0.29) is 39.9 Å². The average Bonchev–Trinajstić information content (AvgIpc) is 3.11. The van der Waals surface area contributed by atoms with Gasteiger partial charge in [-0.05, 0) is 73.2 Å². The lowest BCUT2D eigenvalue weighted by molar-refractivity contribution is 0.188. The van der Waals surface area contributed by atoms with Crippen molar-refractivity contribution in [3.8, 4) is 22.9 Å². The van der Waals surface area contributed by atoms with Crippen LogP contribution in [0.5, 0.6) is 11.8 Å². The number of nitrogens with zero attached hydrogens (tertiary/aromatic N) is 4. The van der Waals surface area contributed by atoms with Crippen molar-refractivity contribution in [2.45, 2.75) is 50.7 Å². The molecule has 4 aromatic rings. The molecule has 5 heterocycles. The van der Waals surface area contributed by atoms with E-state index in [1.54, 1.807) is 18.2 Å². The van der Waals surface area contributed by atoms with Crippen LogP contribution in [0.4, 0.5) is 10.2 Å². The number of halogens is 2. The summed E-state index contributed by atoms with van der Waals surface area (Å²) in [6.07, 6.45) is 4.33. The molecule has 4 saturated heterocycles. The van der Waals surface area contributed by atoms with E-state index < -0.39 is 5.82 Å². The summed E-state index contributed by atoms with van der Waals surface area (Å²) in [5.74, 6) is 0.775. The van der Waals surface area contributed by atoms with Crippen LogP contribution in [0, 0.1) is 11.7 Å². The van der Waals surface area contributed by atoms with Crippen LogP contribution in [0.1, 0.15) is 32.6 Å². The Bertz CT molecular complexity index is 1630. The van der Waals surface area contributed by atoms with Crippen LogP contribution in [0.15, 0.2) is 42.5 Å². The molecule has 3 aromatic carbocycles. The minimum absolute atomic E-state index is 0.0460. The van der Waals surface area contributed by atoms with E-state index in [4.69, 9.17) is 21.3 Å². The Morgan fingerprint density at radius 3 is 2.80 bits per heavy atom. The van der Waals surface area contributed by atoms with Crippen LogP contribution in [-0.2, 0) is 0 Å². The molecule has 4 fully saturated rings. The number of nitrogens with one attached hydrogen (secondary N) is 1. The van der Waals surface area contributed by atoms with Crippen LogP contribution in [0.25, 0.3) is 32.8 Å². The first kappa shape index (κ1) is 26.7. The van der Waals surface area contributed by atoms with Crippen molar-refractivity contribution in [3.63, 3.8) is 0 Å². The van der Waals surface area contributed by atoms with Gasteiger partial charge in [0.15, 0.2) is 5.82 Å². The summed E-state index contributed by atoms with van der Waals surface area (Å²) < 4.78 is 23.0. The third kappa shape index (κ3) is 4.86. The van der Waals surface area contributed by atoms with E-state index in [1.807, 2.05) is 24.3 Å². The van der Waals surface area contributed by atoms with Gasteiger partial charge in [0, 0.05) is 48.7 Å². The molecule has 4 atom stereocenters. The molecule has 4 aliphatic heterocycles. The number of ether oxygens (including phenoxy) is 1. The zero-order chi connectivity index (χ0) is 28.2. The lowest BCUT2D eigenvalue weighted by Gasteiger charge is -2.38. The number of phenolic OH excluding ortho intramolecular Hbond substituents is 1. The highest BCUT2D eigenvalue weighted by Gasteiger charge is 2.34. The topological polar surface area (TPSA) is 73.8 Å². The predicted octanol–water partition coefficient (Wildman–Crippen LogP) is 6.00. The van der Waals surface area contributed by atoms with Gasteiger partial charge in [0.25, 0.3) is 0 Å². The molecule has 4 aliphatic rings. The lowest BCUT2D eigenvalue weighted by atomic mass is 9.96. The zero-order valence-corrected chi connectivity index (χ0v) is 24.2. The minimum atomic E-state index is -0.540. The summed E-state index contributed by atoms with van der Waals surface area (Å²) in [5, 5.41) is 16.6. The quantitative estimate of drug-likeness (QED) is 0.302.